The molecule has 0 saturated heterocycles. The molecule has 3 aliphatic rings. The van der Waals surface area contributed by atoms with Crippen LogP contribution in [0.3, 0.4) is 0 Å². The number of hydrogen-bond acceptors (Lipinski definition) is 1. The van der Waals surface area contributed by atoms with Crippen LogP contribution in [0.1, 0.15) is 19.3 Å². The summed E-state index contributed by atoms with van der Waals surface area (Å²) in [5.74, 6) is 3.16. The van der Waals surface area contributed by atoms with Crippen LogP contribution in [0, 0.1) is 23.7 Å². The van der Waals surface area contributed by atoms with Crippen molar-refractivity contribution in [2.24, 2.45) is 23.7 Å². The average Bonchev–Trinajstić information content (AvgIpc) is 2.52. The molecule has 2 fully saturated rings. The lowest BCUT2D eigenvalue weighted by Crippen LogP contribution is -2.27. The maximum Gasteiger partial charge on any atom is 0.0574 e. The standard InChI is InChI=1S/C10H14O/c11-10-5-6-4-9(10)8-3-1-2-7(6)8/h1-2,6-11H,3-5H2/t6-,7+,8+,9-,10-/m0/s1. The normalized spacial score (nSPS) is 58.8. The number of aliphatic hydroxyl groups excluding tert-OH is 1. The highest BCUT2D eigenvalue weighted by Gasteiger charge is 2.51. The molecule has 0 unspecified atom stereocenters. The fraction of sp³-hybridized carbons (Fsp3) is 0.800. The summed E-state index contributed by atoms with van der Waals surface area (Å²) < 4.78 is 0. The van der Waals surface area contributed by atoms with Gasteiger partial charge in [-0.25, -0.2) is 0 Å². The van der Waals surface area contributed by atoms with Gasteiger partial charge >= 0.3 is 0 Å². The maximum absolute atomic E-state index is 9.64. The monoisotopic (exact) mass is 150 g/mol. The highest BCUT2D eigenvalue weighted by molar-refractivity contribution is 5.14. The van der Waals surface area contributed by atoms with Crippen LogP contribution in [0.5, 0.6) is 0 Å². The summed E-state index contributed by atoms with van der Waals surface area (Å²) in [5.41, 5.74) is 0. The lowest BCUT2D eigenvalue weighted by Gasteiger charge is -2.27. The van der Waals surface area contributed by atoms with Crippen molar-refractivity contribution in [1.29, 1.82) is 0 Å². The third-order valence-corrected chi connectivity index (χ3v) is 3.97. The van der Waals surface area contributed by atoms with Crippen LogP contribution in [0.4, 0.5) is 0 Å². The molecule has 0 aliphatic heterocycles. The summed E-state index contributed by atoms with van der Waals surface area (Å²) in [7, 11) is 0. The van der Waals surface area contributed by atoms with E-state index in [1.54, 1.807) is 0 Å². The smallest absolute Gasteiger partial charge is 0.0574 e. The maximum atomic E-state index is 9.64. The summed E-state index contributed by atoms with van der Waals surface area (Å²) in [6, 6.07) is 0. The minimum absolute atomic E-state index is 0.0427. The summed E-state index contributed by atoms with van der Waals surface area (Å²) in [6.07, 6.45) is 8.37. The van der Waals surface area contributed by atoms with E-state index in [-0.39, 0.29) is 6.10 Å². The van der Waals surface area contributed by atoms with Crippen molar-refractivity contribution >= 4 is 0 Å². The molecule has 0 aromatic carbocycles. The summed E-state index contributed by atoms with van der Waals surface area (Å²) in [6.45, 7) is 0. The van der Waals surface area contributed by atoms with E-state index in [1.807, 2.05) is 0 Å². The Hall–Kier alpha value is -0.300. The molecule has 0 amide bonds. The molecule has 1 N–H and O–H groups in total. The predicted octanol–water partition coefficient (Wildman–Crippen LogP) is 1.58. The van der Waals surface area contributed by atoms with Crippen molar-refractivity contribution in [3.05, 3.63) is 12.2 Å². The van der Waals surface area contributed by atoms with Gasteiger partial charge in [0, 0.05) is 0 Å². The lowest BCUT2D eigenvalue weighted by atomic mass is 9.80. The van der Waals surface area contributed by atoms with Crippen LogP contribution in [-0.2, 0) is 0 Å². The van der Waals surface area contributed by atoms with Crippen molar-refractivity contribution in [1.82, 2.24) is 0 Å². The third kappa shape index (κ3) is 0.652. The predicted molar refractivity (Wildman–Crippen MR) is 43.0 cm³/mol. The largest absolute Gasteiger partial charge is 0.393 e. The topological polar surface area (TPSA) is 20.2 Å². The first kappa shape index (κ1) is 6.24. The first-order valence-corrected chi connectivity index (χ1v) is 4.71. The fourth-order valence-corrected chi connectivity index (χ4v) is 3.52. The molecule has 1 nitrogen and oxygen atoms in total. The van der Waals surface area contributed by atoms with E-state index in [4.69, 9.17) is 0 Å². The van der Waals surface area contributed by atoms with Gasteiger partial charge in [-0.2, -0.15) is 0 Å². The van der Waals surface area contributed by atoms with Gasteiger partial charge in [-0.3, -0.25) is 0 Å². The van der Waals surface area contributed by atoms with Gasteiger partial charge in [-0.1, -0.05) is 12.2 Å². The third-order valence-electron chi connectivity index (χ3n) is 3.97. The molecule has 0 radical (unpaired) electrons. The van der Waals surface area contributed by atoms with E-state index in [0.717, 1.165) is 24.2 Å². The Morgan fingerprint density at radius 2 is 2.09 bits per heavy atom. The van der Waals surface area contributed by atoms with Crippen molar-refractivity contribution in [3.8, 4) is 0 Å². The molecule has 1 heteroatoms. The van der Waals surface area contributed by atoms with Crippen LogP contribution in [0.25, 0.3) is 0 Å². The summed E-state index contributed by atoms with van der Waals surface area (Å²) in [4.78, 5) is 0. The molecule has 2 bridgehead atoms. The van der Waals surface area contributed by atoms with E-state index in [2.05, 4.69) is 12.2 Å². The Morgan fingerprint density at radius 1 is 1.18 bits per heavy atom. The van der Waals surface area contributed by atoms with Gasteiger partial charge in [0.1, 0.15) is 0 Å². The van der Waals surface area contributed by atoms with E-state index >= 15 is 0 Å². The fourth-order valence-electron chi connectivity index (χ4n) is 3.52. The quantitative estimate of drug-likeness (QED) is 0.520. The van der Waals surface area contributed by atoms with E-state index in [1.165, 1.54) is 12.8 Å². The molecule has 60 valence electrons. The van der Waals surface area contributed by atoms with Crippen LogP contribution in [-0.4, -0.2) is 11.2 Å². The number of rotatable bonds is 0. The zero-order valence-electron chi connectivity index (χ0n) is 6.61. The summed E-state index contributed by atoms with van der Waals surface area (Å²) >= 11 is 0. The van der Waals surface area contributed by atoms with Crippen LogP contribution >= 0.6 is 0 Å². The molecule has 0 aromatic heterocycles. The average molecular weight is 150 g/mol. The highest BCUT2D eigenvalue weighted by atomic mass is 16.3. The van der Waals surface area contributed by atoms with Crippen LogP contribution < -0.4 is 0 Å². The Bertz CT molecular complexity index is 209. The van der Waals surface area contributed by atoms with Crippen molar-refractivity contribution < 1.29 is 5.11 Å². The van der Waals surface area contributed by atoms with Gasteiger partial charge < -0.3 is 5.11 Å². The Balaban J connectivity index is 1.94. The number of hydrogen-bond donors (Lipinski definition) is 1. The van der Waals surface area contributed by atoms with E-state index in [9.17, 15) is 5.11 Å². The van der Waals surface area contributed by atoms with Crippen molar-refractivity contribution in [3.63, 3.8) is 0 Å². The molecular formula is C10H14O. The molecule has 0 heterocycles. The highest BCUT2D eigenvalue weighted by Crippen LogP contribution is 2.56. The first-order valence-electron chi connectivity index (χ1n) is 4.71. The van der Waals surface area contributed by atoms with Gasteiger partial charge in [-0.05, 0) is 42.9 Å². The van der Waals surface area contributed by atoms with Crippen molar-refractivity contribution in [2.45, 2.75) is 25.4 Å². The molecular weight excluding hydrogens is 136 g/mol. The molecule has 3 rings (SSSR count). The number of aliphatic hydroxyl groups is 1. The number of fused-ring (bicyclic) bond motifs is 5. The van der Waals surface area contributed by atoms with Crippen LogP contribution in [0.2, 0.25) is 0 Å². The second-order valence-corrected chi connectivity index (χ2v) is 4.37. The van der Waals surface area contributed by atoms with Gasteiger partial charge in [-0.15, -0.1) is 0 Å². The first-order chi connectivity index (χ1) is 5.36. The van der Waals surface area contributed by atoms with Gasteiger partial charge in [0.25, 0.3) is 0 Å². The Morgan fingerprint density at radius 3 is 3.00 bits per heavy atom. The van der Waals surface area contributed by atoms with Gasteiger partial charge in [0.2, 0.25) is 0 Å². The molecule has 0 spiro atoms. The van der Waals surface area contributed by atoms with Gasteiger partial charge in [0.05, 0.1) is 6.10 Å². The number of allylic oxidation sites excluding steroid dienone is 2. The van der Waals surface area contributed by atoms with E-state index in [0.29, 0.717) is 5.92 Å². The second-order valence-electron chi connectivity index (χ2n) is 4.37. The van der Waals surface area contributed by atoms with Crippen LogP contribution in [0.15, 0.2) is 12.2 Å². The molecule has 2 saturated carbocycles. The molecule has 0 aromatic rings. The SMILES string of the molecule is O[C@H]1C[C@@H]2C[C@H]1[C@@H]1CC=C[C@H]21. The molecule has 11 heavy (non-hydrogen) atoms. The second kappa shape index (κ2) is 1.89. The van der Waals surface area contributed by atoms with Gasteiger partial charge in [0.15, 0.2) is 0 Å². The van der Waals surface area contributed by atoms with Crippen molar-refractivity contribution in [2.75, 3.05) is 0 Å². The Labute approximate surface area is 67.1 Å². The lowest BCUT2D eigenvalue weighted by molar-refractivity contribution is 0.0697. The minimum atomic E-state index is 0.0427. The minimum Gasteiger partial charge on any atom is -0.393 e. The molecule has 5 atom stereocenters. The Kier molecular flexibility index (Phi) is 1.07. The molecule has 3 aliphatic carbocycles. The van der Waals surface area contributed by atoms with E-state index < -0.39 is 0 Å². The zero-order valence-corrected chi connectivity index (χ0v) is 6.61. The summed E-state index contributed by atoms with van der Waals surface area (Å²) in [5, 5.41) is 9.64. The zero-order chi connectivity index (χ0) is 7.42.